The summed E-state index contributed by atoms with van der Waals surface area (Å²) in [7, 11) is 1.68. The Bertz CT molecular complexity index is 1090. The van der Waals surface area contributed by atoms with Crippen LogP contribution in [0.1, 0.15) is 70.0 Å². The van der Waals surface area contributed by atoms with E-state index >= 15 is 0 Å². The first kappa shape index (κ1) is 23.5. The SMILES string of the molecule is COCCOCCn1c2ccc(C(C)(C)C)cc2c2cc(C(C)(C)C)cc(C(C)=O)c21. The summed E-state index contributed by atoms with van der Waals surface area (Å²) in [6, 6.07) is 11.1. The van der Waals surface area contributed by atoms with E-state index < -0.39 is 0 Å². The van der Waals surface area contributed by atoms with Crippen LogP contribution in [0, 0.1) is 0 Å². The molecule has 0 fully saturated rings. The van der Waals surface area contributed by atoms with Gasteiger partial charge in [-0.15, -0.1) is 0 Å². The molecule has 0 aliphatic carbocycles. The normalized spacial score (nSPS) is 12.8. The van der Waals surface area contributed by atoms with E-state index in [1.807, 2.05) is 0 Å². The van der Waals surface area contributed by atoms with Crippen LogP contribution in [0.15, 0.2) is 30.3 Å². The maximum Gasteiger partial charge on any atom is 0.161 e. The van der Waals surface area contributed by atoms with Gasteiger partial charge < -0.3 is 14.0 Å². The molecule has 2 aromatic carbocycles. The summed E-state index contributed by atoms with van der Waals surface area (Å²) in [6.45, 7) is 17.4. The molecule has 0 atom stereocenters. The molecular weight excluding hydrogens is 386 g/mol. The van der Waals surface area contributed by atoms with E-state index in [4.69, 9.17) is 9.47 Å². The Kier molecular flexibility index (Phi) is 6.64. The van der Waals surface area contributed by atoms with Gasteiger partial charge >= 0.3 is 0 Å². The number of ketones is 1. The number of rotatable bonds is 7. The van der Waals surface area contributed by atoms with Gasteiger partial charge in [-0.05, 0) is 53.1 Å². The number of ether oxygens (including phenoxy) is 2. The van der Waals surface area contributed by atoms with Gasteiger partial charge in [0.2, 0.25) is 0 Å². The number of aromatic nitrogens is 1. The number of nitrogens with zero attached hydrogens (tertiary/aromatic N) is 1. The predicted molar refractivity (Wildman–Crippen MR) is 130 cm³/mol. The molecule has 0 saturated heterocycles. The highest BCUT2D eigenvalue weighted by molar-refractivity contribution is 6.16. The van der Waals surface area contributed by atoms with Gasteiger partial charge in [0.1, 0.15) is 0 Å². The van der Waals surface area contributed by atoms with Crippen LogP contribution in [0.5, 0.6) is 0 Å². The summed E-state index contributed by atoms with van der Waals surface area (Å²) in [5.41, 5.74) is 5.42. The Morgan fingerprint density at radius 1 is 0.871 bits per heavy atom. The Morgan fingerprint density at radius 2 is 1.52 bits per heavy atom. The lowest BCUT2D eigenvalue weighted by Gasteiger charge is -2.21. The molecule has 0 bridgehead atoms. The predicted octanol–water partition coefficient (Wildman–Crippen LogP) is 6.26. The Morgan fingerprint density at radius 3 is 2.10 bits per heavy atom. The number of hydrogen-bond donors (Lipinski definition) is 0. The molecule has 168 valence electrons. The standard InChI is InChI=1S/C27H37NO3/c1-18(29)21-16-20(27(5,6)7)17-23-22-15-19(26(2,3)4)9-10-24(22)28(25(21)23)11-12-31-14-13-30-8/h9-10,15-17H,11-14H2,1-8H3. The summed E-state index contributed by atoms with van der Waals surface area (Å²) in [5, 5.41) is 2.35. The van der Waals surface area contributed by atoms with Gasteiger partial charge in [0.25, 0.3) is 0 Å². The summed E-state index contributed by atoms with van der Waals surface area (Å²) in [6.07, 6.45) is 0. The zero-order chi connectivity index (χ0) is 23.0. The van der Waals surface area contributed by atoms with Gasteiger partial charge in [-0.2, -0.15) is 0 Å². The smallest absolute Gasteiger partial charge is 0.161 e. The lowest BCUT2D eigenvalue weighted by molar-refractivity contribution is 0.0673. The maximum absolute atomic E-state index is 12.7. The molecular formula is C27H37NO3. The molecule has 0 saturated carbocycles. The van der Waals surface area contributed by atoms with Crippen LogP contribution in [0.4, 0.5) is 0 Å². The first-order valence-electron chi connectivity index (χ1n) is 11.1. The van der Waals surface area contributed by atoms with Crippen molar-refractivity contribution < 1.29 is 14.3 Å². The third-order valence-corrected chi connectivity index (χ3v) is 5.96. The molecule has 4 heteroatoms. The van der Waals surface area contributed by atoms with Crippen molar-refractivity contribution in [1.82, 2.24) is 4.57 Å². The molecule has 1 heterocycles. The minimum Gasteiger partial charge on any atom is -0.382 e. The van der Waals surface area contributed by atoms with Gasteiger partial charge in [0.15, 0.2) is 5.78 Å². The minimum absolute atomic E-state index is 0.0439. The summed E-state index contributed by atoms with van der Waals surface area (Å²) >= 11 is 0. The third-order valence-electron chi connectivity index (χ3n) is 5.96. The summed E-state index contributed by atoms with van der Waals surface area (Å²) in [4.78, 5) is 12.7. The molecule has 0 aliphatic rings. The number of fused-ring (bicyclic) bond motifs is 3. The molecule has 0 amide bonds. The van der Waals surface area contributed by atoms with E-state index in [2.05, 4.69) is 76.4 Å². The molecule has 3 aromatic rings. The second-order valence-electron chi connectivity index (χ2n) is 10.5. The average Bonchev–Trinajstić information content (AvgIpc) is 2.99. The Balaban J connectivity index is 2.29. The van der Waals surface area contributed by atoms with Crippen molar-refractivity contribution in [1.29, 1.82) is 0 Å². The molecule has 0 spiro atoms. The van der Waals surface area contributed by atoms with Crippen molar-refractivity contribution in [2.24, 2.45) is 0 Å². The second kappa shape index (κ2) is 8.76. The maximum atomic E-state index is 12.7. The van der Waals surface area contributed by atoms with Crippen LogP contribution in [-0.4, -0.2) is 37.3 Å². The summed E-state index contributed by atoms with van der Waals surface area (Å²) in [5.74, 6) is 0.0940. The van der Waals surface area contributed by atoms with E-state index in [1.165, 1.54) is 16.5 Å². The average molecular weight is 424 g/mol. The quantitative estimate of drug-likeness (QED) is 0.333. The highest BCUT2D eigenvalue weighted by atomic mass is 16.5. The highest BCUT2D eigenvalue weighted by Crippen LogP contribution is 2.37. The molecule has 31 heavy (non-hydrogen) atoms. The van der Waals surface area contributed by atoms with Crippen LogP contribution < -0.4 is 0 Å². The monoisotopic (exact) mass is 423 g/mol. The van der Waals surface area contributed by atoms with Crippen molar-refractivity contribution in [3.63, 3.8) is 0 Å². The molecule has 1 aromatic heterocycles. The number of methoxy groups -OCH3 is 1. The zero-order valence-corrected chi connectivity index (χ0v) is 20.4. The number of Topliss-reactive ketones (excluding diaryl/α,β-unsaturated/α-hetero) is 1. The van der Waals surface area contributed by atoms with Crippen molar-refractivity contribution in [2.45, 2.75) is 65.8 Å². The van der Waals surface area contributed by atoms with Gasteiger partial charge in [0, 0.05) is 35.5 Å². The molecule has 3 rings (SSSR count). The van der Waals surface area contributed by atoms with E-state index in [1.54, 1.807) is 14.0 Å². The van der Waals surface area contributed by atoms with Crippen LogP contribution in [0.2, 0.25) is 0 Å². The fourth-order valence-corrected chi connectivity index (χ4v) is 4.04. The number of carbonyl (C=O) groups is 1. The van der Waals surface area contributed by atoms with Crippen LogP contribution in [0.25, 0.3) is 21.8 Å². The van der Waals surface area contributed by atoms with Crippen molar-refractivity contribution in [3.8, 4) is 0 Å². The van der Waals surface area contributed by atoms with Gasteiger partial charge in [0.05, 0.1) is 25.3 Å². The molecule has 4 nitrogen and oxygen atoms in total. The third kappa shape index (κ3) is 4.86. The van der Waals surface area contributed by atoms with E-state index in [0.29, 0.717) is 26.4 Å². The first-order chi connectivity index (χ1) is 14.4. The first-order valence-corrected chi connectivity index (χ1v) is 11.1. The topological polar surface area (TPSA) is 40.5 Å². The van der Waals surface area contributed by atoms with E-state index in [-0.39, 0.29) is 16.6 Å². The largest absolute Gasteiger partial charge is 0.382 e. The Hall–Kier alpha value is -2.17. The number of hydrogen-bond acceptors (Lipinski definition) is 3. The van der Waals surface area contributed by atoms with Crippen LogP contribution >= 0.6 is 0 Å². The molecule has 0 aliphatic heterocycles. The molecule has 0 N–H and O–H groups in total. The van der Waals surface area contributed by atoms with Crippen molar-refractivity contribution in [2.75, 3.05) is 26.9 Å². The van der Waals surface area contributed by atoms with Crippen LogP contribution in [-0.2, 0) is 26.8 Å². The summed E-state index contributed by atoms with van der Waals surface area (Å²) < 4.78 is 13.1. The Labute approximate surface area is 186 Å². The highest BCUT2D eigenvalue weighted by Gasteiger charge is 2.23. The fourth-order valence-electron chi connectivity index (χ4n) is 4.04. The lowest BCUT2D eigenvalue weighted by atomic mass is 9.84. The molecule has 0 unspecified atom stereocenters. The van der Waals surface area contributed by atoms with Crippen LogP contribution in [0.3, 0.4) is 0 Å². The minimum atomic E-state index is -0.0439. The van der Waals surface area contributed by atoms with Crippen molar-refractivity contribution in [3.05, 3.63) is 47.0 Å². The van der Waals surface area contributed by atoms with E-state index in [9.17, 15) is 4.79 Å². The number of benzene rings is 2. The molecule has 0 radical (unpaired) electrons. The van der Waals surface area contributed by atoms with Gasteiger partial charge in [-0.1, -0.05) is 47.6 Å². The van der Waals surface area contributed by atoms with Gasteiger partial charge in [-0.25, -0.2) is 0 Å². The number of carbonyl (C=O) groups excluding carboxylic acids is 1. The second-order valence-corrected chi connectivity index (χ2v) is 10.5. The lowest BCUT2D eigenvalue weighted by Crippen LogP contribution is -2.14. The van der Waals surface area contributed by atoms with Gasteiger partial charge in [-0.3, -0.25) is 4.79 Å². The van der Waals surface area contributed by atoms with E-state index in [0.717, 1.165) is 22.0 Å². The fraction of sp³-hybridized carbons (Fsp3) is 0.519. The zero-order valence-electron chi connectivity index (χ0n) is 20.4. The van der Waals surface area contributed by atoms with Crippen molar-refractivity contribution >= 4 is 27.6 Å².